The largest absolute Gasteiger partial charge is 0.394 e. The summed E-state index contributed by atoms with van der Waals surface area (Å²) in [6.07, 6.45) is 2.99. The molecule has 5 heteroatoms. The number of rotatable bonds is 8. The molecule has 0 aliphatic rings. The summed E-state index contributed by atoms with van der Waals surface area (Å²) in [4.78, 5) is 0. The first kappa shape index (κ1) is 16.1. The number of nitrogens with two attached hydrogens (primary N) is 1. The highest BCUT2D eigenvalue weighted by Crippen LogP contribution is 2.25. The normalized spacial score (nSPS) is 12.9. The van der Waals surface area contributed by atoms with E-state index in [-0.39, 0.29) is 18.6 Å². The van der Waals surface area contributed by atoms with Crippen LogP contribution in [0.15, 0.2) is 10.6 Å². The number of nitrogens with zero attached hydrogens (tertiary/aromatic N) is 1. The van der Waals surface area contributed by atoms with Gasteiger partial charge in [-0.2, -0.15) is 0 Å². The molecule has 0 aromatic carbocycles. The third-order valence-corrected chi connectivity index (χ3v) is 3.72. The Hall–Kier alpha value is -0.910. The Morgan fingerprint density at radius 3 is 2.47 bits per heavy atom. The molecule has 110 valence electrons. The summed E-state index contributed by atoms with van der Waals surface area (Å²) >= 11 is 0. The zero-order valence-corrected chi connectivity index (χ0v) is 12.1. The molecule has 0 bridgehead atoms. The summed E-state index contributed by atoms with van der Waals surface area (Å²) in [7, 11) is 0. The van der Waals surface area contributed by atoms with Gasteiger partial charge in [0.1, 0.15) is 5.76 Å². The monoisotopic (exact) mass is 270 g/mol. The lowest BCUT2D eigenvalue weighted by molar-refractivity contribution is 0.113. The molecule has 0 radical (unpaired) electrons. The third kappa shape index (κ3) is 4.93. The van der Waals surface area contributed by atoms with Crippen molar-refractivity contribution < 1.29 is 14.7 Å². The second-order valence-corrected chi connectivity index (χ2v) is 6.16. The molecular weight excluding hydrogens is 244 g/mol. The van der Waals surface area contributed by atoms with Gasteiger partial charge in [-0.3, -0.25) is 0 Å². The minimum Gasteiger partial charge on any atom is -0.394 e. The quantitative estimate of drug-likeness (QED) is 0.661. The Bertz CT molecular complexity index is 384. The molecule has 0 atom stereocenters. The van der Waals surface area contributed by atoms with E-state index in [0.717, 1.165) is 24.3 Å². The first-order valence-corrected chi connectivity index (χ1v) is 6.79. The van der Waals surface area contributed by atoms with Crippen LogP contribution >= 0.6 is 0 Å². The zero-order valence-electron chi connectivity index (χ0n) is 12.1. The number of hydrogen-bond donors (Lipinski definition) is 3. The van der Waals surface area contributed by atoms with Crippen molar-refractivity contribution in [1.29, 1.82) is 0 Å². The molecule has 19 heavy (non-hydrogen) atoms. The van der Waals surface area contributed by atoms with E-state index >= 15 is 0 Å². The van der Waals surface area contributed by atoms with Crippen LogP contribution in [0.5, 0.6) is 0 Å². The molecule has 1 rings (SSSR count). The lowest BCUT2D eigenvalue weighted by Gasteiger charge is -2.23. The van der Waals surface area contributed by atoms with Crippen LogP contribution in [0.2, 0.25) is 0 Å². The van der Waals surface area contributed by atoms with Crippen LogP contribution in [-0.2, 0) is 12.8 Å². The Labute approximate surface area is 114 Å². The van der Waals surface area contributed by atoms with Crippen molar-refractivity contribution in [3.63, 3.8) is 0 Å². The Kier molecular flexibility index (Phi) is 5.52. The van der Waals surface area contributed by atoms with Crippen LogP contribution in [0.4, 0.5) is 0 Å². The van der Waals surface area contributed by atoms with Crippen molar-refractivity contribution in [3.8, 4) is 0 Å². The predicted molar refractivity (Wildman–Crippen MR) is 73.7 cm³/mol. The molecule has 4 N–H and O–H groups in total. The number of aryl methyl sites for hydroxylation is 1. The maximum atomic E-state index is 9.12. The van der Waals surface area contributed by atoms with Gasteiger partial charge in [-0.05, 0) is 18.3 Å². The molecule has 1 aromatic rings. The van der Waals surface area contributed by atoms with Gasteiger partial charge in [-0.1, -0.05) is 32.3 Å². The van der Waals surface area contributed by atoms with Crippen LogP contribution in [-0.4, -0.2) is 34.1 Å². The summed E-state index contributed by atoms with van der Waals surface area (Å²) in [5.41, 5.74) is 6.02. The Balaban J connectivity index is 2.56. The molecule has 0 spiro atoms. The van der Waals surface area contributed by atoms with E-state index in [1.54, 1.807) is 0 Å². The second kappa shape index (κ2) is 6.50. The fourth-order valence-electron chi connectivity index (χ4n) is 1.75. The van der Waals surface area contributed by atoms with Crippen LogP contribution in [0, 0.1) is 5.41 Å². The molecule has 0 aliphatic heterocycles. The minimum absolute atomic E-state index is 0.210. The van der Waals surface area contributed by atoms with Crippen molar-refractivity contribution in [2.24, 2.45) is 11.1 Å². The fraction of sp³-hybridized carbons (Fsp3) is 0.786. The summed E-state index contributed by atoms with van der Waals surface area (Å²) in [6, 6.07) is 1.94. The summed E-state index contributed by atoms with van der Waals surface area (Å²) in [5.74, 6) is 0.749. The number of aliphatic hydroxyl groups excluding tert-OH is 2. The highest BCUT2D eigenvalue weighted by atomic mass is 16.5. The average Bonchev–Trinajstić information content (AvgIpc) is 2.83. The average molecular weight is 270 g/mol. The zero-order chi connectivity index (χ0) is 14.5. The van der Waals surface area contributed by atoms with Crippen molar-refractivity contribution in [2.45, 2.75) is 52.0 Å². The van der Waals surface area contributed by atoms with Crippen molar-refractivity contribution in [1.82, 2.24) is 5.16 Å². The van der Waals surface area contributed by atoms with Crippen molar-refractivity contribution in [3.05, 3.63) is 17.5 Å². The molecule has 0 amide bonds. The number of aromatic nitrogens is 1. The lowest BCUT2D eigenvalue weighted by Crippen LogP contribution is -2.47. The topological polar surface area (TPSA) is 92.5 Å². The van der Waals surface area contributed by atoms with Crippen LogP contribution in [0.25, 0.3) is 0 Å². The standard InChI is InChI=1S/C14H26N2O3/c1-4-13(2,3)8-11-7-12(19-16-11)5-6-14(15,9-17)10-18/h7,17-18H,4-6,8-10,15H2,1-3H3. The van der Waals surface area contributed by atoms with Crippen LogP contribution < -0.4 is 5.73 Å². The van der Waals surface area contributed by atoms with E-state index < -0.39 is 5.54 Å². The smallest absolute Gasteiger partial charge is 0.137 e. The molecule has 0 aliphatic carbocycles. The molecule has 5 nitrogen and oxygen atoms in total. The summed E-state index contributed by atoms with van der Waals surface area (Å²) in [6.45, 7) is 6.07. The van der Waals surface area contributed by atoms with E-state index in [1.165, 1.54) is 0 Å². The molecule has 0 saturated heterocycles. The molecular formula is C14H26N2O3. The van der Waals surface area contributed by atoms with E-state index in [0.29, 0.717) is 12.8 Å². The molecule has 0 saturated carbocycles. The van der Waals surface area contributed by atoms with Gasteiger partial charge in [0, 0.05) is 12.5 Å². The fourth-order valence-corrected chi connectivity index (χ4v) is 1.75. The highest BCUT2D eigenvalue weighted by Gasteiger charge is 2.24. The highest BCUT2D eigenvalue weighted by molar-refractivity contribution is 5.08. The third-order valence-electron chi connectivity index (χ3n) is 3.72. The van der Waals surface area contributed by atoms with Crippen LogP contribution in [0.1, 0.15) is 45.1 Å². The summed E-state index contributed by atoms with van der Waals surface area (Å²) < 4.78 is 5.27. The molecule has 0 fully saturated rings. The Morgan fingerprint density at radius 2 is 1.95 bits per heavy atom. The summed E-state index contributed by atoms with van der Waals surface area (Å²) in [5, 5.41) is 22.3. The number of aliphatic hydroxyl groups is 2. The molecule has 0 unspecified atom stereocenters. The Morgan fingerprint density at radius 1 is 1.32 bits per heavy atom. The first-order valence-electron chi connectivity index (χ1n) is 6.79. The second-order valence-electron chi connectivity index (χ2n) is 6.16. The van der Waals surface area contributed by atoms with Gasteiger partial charge in [0.05, 0.1) is 24.4 Å². The van der Waals surface area contributed by atoms with Gasteiger partial charge in [-0.15, -0.1) is 0 Å². The van der Waals surface area contributed by atoms with E-state index in [9.17, 15) is 0 Å². The molecule has 1 heterocycles. The van der Waals surface area contributed by atoms with E-state index in [2.05, 4.69) is 25.9 Å². The van der Waals surface area contributed by atoms with E-state index in [4.69, 9.17) is 20.5 Å². The van der Waals surface area contributed by atoms with Gasteiger partial charge >= 0.3 is 0 Å². The van der Waals surface area contributed by atoms with Gasteiger partial charge in [-0.25, -0.2) is 0 Å². The maximum Gasteiger partial charge on any atom is 0.137 e. The lowest BCUT2D eigenvalue weighted by atomic mass is 9.85. The molecule has 1 aromatic heterocycles. The van der Waals surface area contributed by atoms with Gasteiger partial charge in [0.2, 0.25) is 0 Å². The maximum absolute atomic E-state index is 9.12. The van der Waals surface area contributed by atoms with Crippen molar-refractivity contribution >= 4 is 0 Å². The minimum atomic E-state index is -0.949. The van der Waals surface area contributed by atoms with Crippen molar-refractivity contribution in [2.75, 3.05) is 13.2 Å². The van der Waals surface area contributed by atoms with Gasteiger partial charge in [0.25, 0.3) is 0 Å². The predicted octanol–water partition coefficient (Wildman–Crippen LogP) is 1.27. The van der Waals surface area contributed by atoms with E-state index in [1.807, 2.05) is 6.07 Å². The van der Waals surface area contributed by atoms with Gasteiger partial charge in [0.15, 0.2) is 0 Å². The first-order chi connectivity index (χ1) is 8.84. The van der Waals surface area contributed by atoms with Gasteiger partial charge < -0.3 is 20.5 Å². The van der Waals surface area contributed by atoms with Crippen LogP contribution in [0.3, 0.4) is 0 Å². The number of hydrogen-bond acceptors (Lipinski definition) is 5. The SMILES string of the molecule is CCC(C)(C)Cc1cc(CCC(N)(CO)CO)on1.